The summed E-state index contributed by atoms with van der Waals surface area (Å²) in [5.41, 5.74) is 0.737. The molecule has 1 aliphatic rings. The van der Waals surface area contributed by atoms with Crippen LogP contribution >= 0.6 is 0 Å². The maximum atomic E-state index is 11.4. The molecule has 1 aromatic heterocycles. The monoisotopic (exact) mass is 260 g/mol. The highest BCUT2D eigenvalue weighted by Crippen LogP contribution is 2.40. The van der Waals surface area contributed by atoms with E-state index in [4.69, 9.17) is 4.42 Å². The largest absolute Gasteiger partial charge is 0.481 e. The predicted molar refractivity (Wildman–Crippen MR) is 71.0 cm³/mol. The van der Waals surface area contributed by atoms with Gasteiger partial charge in [0.1, 0.15) is 5.52 Å². The van der Waals surface area contributed by atoms with Gasteiger partial charge in [0, 0.05) is 6.04 Å². The van der Waals surface area contributed by atoms with Gasteiger partial charge in [-0.05, 0) is 31.9 Å². The Kier molecular flexibility index (Phi) is 2.69. The summed E-state index contributed by atoms with van der Waals surface area (Å²) in [6.45, 7) is 1.78. The van der Waals surface area contributed by atoms with Gasteiger partial charge < -0.3 is 14.8 Å². The molecule has 1 aromatic carbocycles. The minimum absolute atomic E-state index is 0.141. The Labute approximate surface area is 110 Å². The summed E-state index contributed by atoms with van der Waals surface area (Å²) in [4.78, 5) is 15.7. The highest BCUT2D eigenvalue weighted by molar-refractivity contribution is 5.77. The van der Waals surface area contributed by atoms with E-state index in [0.717, 1.165) is 18.4 Å². The first-order valence-corrected chi connectivity index (χ1v) is 6.45. The zero-order valence-electron chi connectivity index (χ0n) is 10.7. The number of carboxylic acids is 1. The van der Waals surface area contributed by atoms with Crippen molar-refractivity contribution in [3.63, 3.8) is 0 Å². The standard InChI is InChI=1S/C14H16N2O3/c1-14(12(17)18)8-4-7-11(14)16-13-15-9-5-2-3-6-10(9)19-13/h2-3,5-6,11H,4,7-8H2,1H3,(H,15,16)(H,17,18). The maximum absolute atomic E-state index is 11.4. The minimum Gasteiger partial charge on any atom is -0.481 e. The van der Waals surface area contributed by atoms with Crippen LogP contribution in [0.1, 0.15) is 26.2 Å². The zero-order valence-corrected chi connectivity index (χ0v) is 10.7. The fourth-order valence-electron chi connectivity index (χ4n) is 2.74. The molecule has 0 amide bonds. The molecule has 5 nitrogen and oxygen atoms in total. The van der Waals surface area contributed by atoms with Crippen molar-refractivity contribution in [2.75, 3.05) is 5.32 Å². The molecule has 1 saturated carbocycles. The smallest absolute Gasteiger partial charge is 0.311 e. The number of carboxylic acid groups (broad SMARTS) is 1. The Morgan fingerprint density at radius 2 is 2.32 bits per heavy atom. The molecule has 3 rings (SSSR count). The van der Waals surface area contributed by atoms with Gasteiger partial charge in [0.15, 0.2) is 5.58 Å². The molecule has 0 bridgehead atoms. The van der Waals surface area contributed by atoms with Crippen LogP contribution in [0, 0.1) is 5.41 Å². The summed E-state index contributed by atoms with van der Waals surface area (Å²) < 4.78 is 5.59. The minimum atomic E-state index is -0.765. The molecule has 0 saturated heterocycles. The van der Waals surface area contributed by atoms with Crippen LogP contribution in [0.4, 0.5) is 6.01 Å². The summed E-state index contributed by atoms with van der Waals surface area (Å²) in [6, 6.07) is 7.76. The summed E-state index contributed by atoms with van der Waals surface area (Å²) in [6.07, 6.45) is 2.41. The van der Waals surface area contributed by atoms with E-state index >= 15 is 0 Å². The second-order valence-electron chi connectivity index (χ2n) is 5.30. The van der Waals surface area contributed by atoms with Crippen LogP contribution in [0.25, 0.3) is 11.1 Å². The average Bonchev–Trinajstić information content (AvgIpc) is 2.94. The first-order chi connectivity index (χ1) is 9.09. The van der Waals surface area contributed by atoms with Crippen LogP contribution in [0.2, 0.25) is 0 Å². The molecule has 1 aliphatic carbocycles. The molecular formula is C14H16N2O3. The van der Waals surface area contributed by atoms with Crippen molar-refractivity contribution in [2.45, 2.75) is 32.2 Å². The molecule has 2 unspecified atom stereocenters. The number of hydrogen-bond acceptors (Lipinski definition) is 4. The lowest BCUT2D eigenvalue weighted by Gasteiger charge is -2.26. The van der Waals surface area contributed by atoms with Crippen molar-refractivity contribution < 1.29 is 14.3 Å². The number of carbonyl (C=O) groups is 1. The normalized spacial score (nSPS) is 26.7. The summed E-state index contributed by atoms with van der Waals surface area (Å²) in [5, 5.41) is 12.5. The second kappa shape index (κ2) is 4.26. The van der Waals surface area contributed by atoms with E-state index in [1.165, 1.54) is 0 Å². The van der Waals surface area contributed by atoms with Crippen LogP contribution in [0.3, 0.4) is 0 Å². The number of anilines is 1. The van der Waals surface area contributed by atoms with Crippen molar-refractivity contribution in [1.82, 2.24) is 4.98 Å². The van der Waals surface area contributed by atoms with E-state index in [9.17, 15) is 9.90 Å². The number of aromatic nitrogens is 1. The van der Waals surface area contributed by atoms with Crippen LogP contribution in [0.15, 0.2) is 28.7 Å². The molecule has 1 heterocycles. The van der Waals surface area contributed by atoms with Gasteiger partial charge in [0.05, 0.1) is 5.41 Å². The summed E-state index contributed by atoms with van der Waals surface area (Å²) in [5.74, 6) is -0.765. The molecule has 2 aromatic rings. The number of hydrogen-bond donors (Lipinski definition) is 2. The quantitative estimate of drug-likeness (QED) is 0.887. The van der Waals surface area contributed by atoms with E-state index in [1.54, 1.807) is 6.92 Å². The number of nitrogens with zero attached hydrogens (tertiary/aromatic N) is 1. The van der Waals surface area contributed by atoms with Gasteiger partial charge >= 0.3 is 5.97 Å². The molecule has 2 atom stereocenters. The average molecular weight is 260 g/mol. The molecule has 100 valence electrons. The Balaban J connectivity index is 1.86. The van der Waals surface area contributed by atoms with Crippen molar-refractivity contribution >= 4 is 23.1 Å². The van der Waals surface area contributed by atoms with Gasteiger partial charge in [-0.15, -0.1) is 0 Å². The third kappa shape index (κ3) is 1.95. The number of fused-ring (bicyclic) bond motifs is 1. The summed E-state index contributed by atoms with van der Waals surface area (Å²) >= 11 is 0. The third-order valence-electron chi connectivity index (χ3n) is 4.04. The van der Waals surface area contributed by atoms with E-state index in [2.05, 4.69) is 10.3 Å². The molecule has 5 heteroatoms. The number of benzene rings is 1. The van der Waals surface area contributed by atoms with Gasteiger partial charge in [-0.2, -0.15) is 4.98 Å². The Hall–Kier alpha value is -2.04. The first-order valence-electron chi connectivity index (χ1n) is 6.45. The highest BCUT2D eigenvalue weighted by Gasteiger charge is 2.45. The molecular weight excluding hydrogens is 244 g/mol. The molecule has 0 radical (unpaired) electrons. The number of para-hydroxylation sites is 2. The van der Waals surface area contributed by atoms with E-state index in [1.807, 2.05) is 24.3 Å². The van der Waals surface area contributed by atoms with Crippen LogP contribution in [-0.4, -0.2) is 22.1 Å². The lowest BCUT2D eigenvalue weighted by molar-refractivity contribution is -0.147. The van der Waals surface area contributed by atoms with Gasteiger partial charge in [-0.25, -0.2) is 0 Å². The van der Waals surface area contributed by atoms with E-state index in [-0.39, 0.29) is 6.04 Å². The second-order valence-corrected chi connectivity index (χ2v) is 5.30. The number of rotatable bonds is 3. The van der Waals surface area contributed by atoms with Gasteiger partial charge in [-0.3, -0.25) is 4.79 Å². The SMILES string of the molecule is CC1(C(=O)O)CCCC1Nc1nc2ccccc2o1. The van der Waals surface area contributed by atoms with Crippen LogP contribution in [-0.2, 0) is 4.79 Å². The van der Waals surface area contributed by atoms with Crippen LogP contribution in [0.5, 0.6) is 0 Å². The van der Waals surface area contributed by atoms with Gasteiger partial charge in [0.2, 0.25) is 0 Å². The Bertz CT molecular complexity index is 589. The predicted octanol–water partition coefficient (Wildman–Crippen LogP) is 2.88. The molecule has 1 fully saturated rings. The highest BCUT2D eigenvalue weighted by atomic mass is 16.4. The molecule has 0 spiro atoms. The summed E-state index contributed by atoms with van der Waals surface area (Å²) in [7, 11) is 0. The first kappa shape index (κ1) is 12.0. The van der Waals surface area contributed by atoms with Gasteiger partial charge in [0.25, 0.3) is 6.01 Å². The lowest BCUT2D eigenvalue weighted by atomic mass is 9.85. The number of aliphatic carboxylic acids is 1. The zero-order chi connectivity index (χ0) is 13.5. The number of oxazole rings is 1. The van der Waals surface area contributed by atoms with Crippen molar-refractivity contribution in [2.24, 2.45) is 5.41 Å². The fourth-order valence-corrected chi connectivity index (χ4v) is 2.74. The van der Waals surface area contributed by atoms with Crippen LogP contribution < -0.4 is 5.32 Å². The van der Waals surface area contributed by atoms with Crippen molar-refractivity contribution in [1.29, 1.82) is 0 Å². The Morgan fingerprint density at radius 1 is 1.53 bits per heavy atom. The molecule has 19 heavy (non-hydrogen) atoms. The fraction of sp³-hybridized carbons (Fsp3) is 0.429. The van der Waals surface area contributed by atoms with E-state index in [0.29, 0.717) is 18.0 Å². The van der Waals surface area contributed by atoms with Crippen molar-refractivity contribution in [3.8, 4) is 0 Å². The lowest BCUT2D eigenvalue weighted by Crippen LogP contribution is -2.40. The topological polar surface area (TPSA) is 75.4 Å². The third-order valence-corrected chi connectivity index (χ3v) is 4.04. The van der Waals surface area contributed by atoms with E-state index < -0.39 is 11.4 Å². The Morgan fingerprint density at radius 3 is 3.05 bits per heavy atom. The molecule has 0 aliphatic heterocycles. The van der Waals surface area contributed by atoms with Gasteiger partial charge in [-0.1, -0.05) is 18.6 Å². The molecule has 2 N–H and O–H groups in total. The van der Waals surface area contributed by atoms with Crippen molar-refractivity contribution in [3.05, 3.63) is 24.3 Å². The number of nitrogens with one attached hydrogen (secondary N) is 1. The maximum Gasteiger partial charge on any atom is 0.311 e.